The zero-order valence-corrected chi connectivity index (χ0v) is 21.1. The van der Waals surface area contributed by atoms with Gasteiger partial charge in [-0.15, -0.1) is 5.10 Å². The van der Waals surface area contributed by atoms with Crippen molar-refractivity contribution in [1.29, 1.82) is 5.26 Å². The molecule has 1 fully saturated rings. The molecule has 0 amide bonds. The fourth-order valence-electron chi connectivity index (χ4n) is 4.75. The molecule has 0 aliphatic carbocycles. The predicted octanol–water partition coefficient (Wildman–Crippen LogP) is 4.52. The number of rotatable bonds is 5. The van der Waals surface area contributed by atoms with E-state index in [4.69, 9.17) is 9.90 Å². The van der Waals surface area contributed by atoms with Crippen LogP contribution in [0.2, 0.25) is 0 Å². The van der Waals surface area contributed by atoms with Gasteiger partial charge in [0.25, 0.3) is 6.47 Å². The Morgan fingerprint density at radius 2 is 1.86 bits per heavy atom. The van der Waals surface area contributed by atoms with Gasteiger partial charge in [0.15, 0.2) is 5.82 Å². The molecule has 3 aromatic rings. The van der Waals surface area contributed by atoms with E-state index >= 15 is 0 Å². The topological polar surface area (TPSA) is 105 Å². The van der Waals surface area contributed by atoms with Crippen LogP contribution in [-0.4, -0.2) is 59.9 Å². The lowest BCUT2D eigenvalue weighted by atomic mass is 9.98. The molecule has 0 unspecified atom stereocenters. The molecule has 0 saturated carbocycles. The van der Waals surface area contributed by atoms with E-state index in [0.717, 1.165) is 46.5 Å². The molecule has 0 radical (unpaired) electrons. The summed E-state index contributed by atoms with van der Waals surface area (Å²) in [4.78, 5) is 13.2. The van der Waals surface area contributed by atoms with Gasteiger partial charge in [0.05, 0.1) is 23.4 Å². The number of nitrogens with zero attached hydrogens (tertiary/aromatic N) is 5. The minimum absolute atomic E-state index is 0.00278. The molecule has 1 saturated heterocycles. The second kappa shape index (κ2) is 11.6. The number of piperidine rings is 1. The molecule has 0 bridgehead atoms. The second-order valence-electron chi connectivity index (χ2n) is 9.15. The highest BCUT2D eigenvalue weighted by Crippen LogP contribution is 2.32. The fourth-order valence-corrected chi connectivity index (χ4v) is 4.75. The molecule has 8 heteroatoms. The number of nitriles is 1. The van der Waals surface area contributed by atoms with Gasteiger partial charge >= 0.3 is 0 Å². The average molecular weight is 475 g/mol. The van der Waals surface area contributed by atoms with Crippen LogP contribution in [0.1, 0.15) is 48.2 Å². The summed E-state index contributed by atoms with van der Waals surface area (Å²) in [5.41, 5.74) is 4.98. The number of nitrogens with one attached hydrogen (secondary N) is 1. The number of anilines is 2. The Morgan fingerprint density at radius 1 is 1.17 bits per heavy atom. The van der Waals surface area contributed by atoms with Crippen molar-refractivity contribution in [3.63, 3.8) is 0 Å². The summed E-state index contributed by atoms with van der Waals surface area (Å²) in [6.45, 7) is 7.98. The van der Waals surface area contributed by atoms with Crippen LogP contribution >= 0.6 is 0 Å². The van der Waals surface area contributed by atoms with Gasteiger partial charge in [0, 0.05) is 35.6 Å². The molecule has 8 nitrogen and oxygen atoms in total. The fraction of sp³-hybridized carbons (Fsp3) is 0.407. The van der Waals surface area contributed by atoms with Gasteiger partial charge < -0.3 is 20.2 Å². The highest BCUT2D eigenvalue weighted by Gasteiger charge is 2.22. The molecule has 1 aliphatic rings. The Labute approximate surface area is 207 Å². The zero-order valence-electron chi connectivity index (χ0n) is 21.1. The van der Waals surface area contributed by atoms with E-state index in [2.05, 4.69) is 76.7 Å². The quantitative estimate of drug-likeness (QED) is 0.520. The van der Waals surface area contributed by atoms with Gasteiger partial charge in [-0.1, -0.05) is 18.2 Å². The Balaban J connectivity index is 0.00000108. The molecule has 2 heterocycles. The third kappa shape index (κ3) is 5.87. The lowest BCUT2D eigenvalue weighted by Gasteiger charge is -2.36. The van der Waals surface area contributed by atoms with E-state index in [9.17, 15) is 5.26 Å². The van der Waals surface area contributed by atoms with Crippen LogP contribution in [-0.2, 0) is 4.79 Å². The van der Waals surface area contributed by atoms with Gasteiger partial charge in [-0.3, -0.25) is 4.79 Å². The van der Waals surface area contributed by atoms with Gasteiger partial charge in [0.2, 0.25) is 0 Å². The molecule has 2 aromatic carbocycles. The number of aryl methyl sites for hydroxylation is 1. The molecule has 1 aromatic heterocycles. The van der Waals surface area contributed by atoms with Crippen LogP contribution in [0.5, 0.6) is 0 Å². The first kappa shape index (κ1) is 25.9. The second-order valence-corrected chi connectivity index (χ2v) is 9.15. The Hall–Kier alpha value is -3.70. The smallest absolute Gasteiger partial charge is 0.290 e. The number of hydrogen-bond donors (Lipinski definition) is 2. The van der Waals surface area contributed by atoms with Crippen LogP contribution in [0.4, 0.5) is 11.5 Å². The van der Waals surface area contributed by atoms with Crippen LogP contribution in [0.15, 0.2) is 36.4 Å². The predicted molar refractivity (Wildman–Crippen MR) is 140 cm³/mol. The third-order valence-corrected chi connectivity index (χ3v) is 6.82. The average Bonchev–Trinajstić information content (AvgIpc) is 2.86. The van der Waals surface area contributed by atoms with Crippen molar-refractivity contribution in [1.82, 2.24) is 15.1 Å². The summed E-state index contributed by atoms with van der Waals surface area (Å²) in [5, 5.41) is 31.0. The van der Waals surface area contributed by atoms with Gasteiger partial charge in [-0.05, 0) is 77.0 Å². The van der Waals surface area contributed by atoms with Crippen molar-refractivity contribution in [3.8, 4) is 6.07 Å². The van der Waals surface area contributed by atoms with Crippen molar-refractivity contribution in [2.75, 3.05) is 37.4 Å². The summed E-state index contributed by atoms with van der Waals surface area (Å²) < 4.78 is 0. The SMILES string of the molecule is Cc1c(C#N)cccc1[C@@H](C)Nc1nnc(C)c2ccc(N3CCC(N(C)C)CC3)cc12.O=CO. The van der Waals surface area contributed by atoms with Crippen molar-refractivity contribution in [2.24, 2.45) is 0 Å². The summed E-state index contributed by atoms with van der Waals surface area (Å²) >= 11 is 0. The monoisotopic (exact) mass is 474 g/mol. The number of hydrogen-bond acceptors (Lipinski definition) is 7. The number of benzene rings is 2. The summed E-state index contributed by atoms with van der Waals surface area (Å²) in [7, 11) is 4.34. The maximum atomic E-state index is 9.39. The van der Waals surface area contributed by atoms with Crippen molar-refractivity contribution < 1.29 is 9.90 Å². The normalized spacial score (nSPS) is 14.7. The Bertz CT molecular complexity index is 1210. The highest BCUT2D eigenvalue weighted by atomic mass is 16.3. The first-order valence-corrected chi connectivity index (χ1v) is 11.8. The van der Waals surface area contributed by atoms with Crippen LogP contribution in [0, 0.1) is 25.2 Å². The maximum absolute atomic E-state index is 9.39. The van der Waals surface area contributed by atoms with Crippen molar-refractivity contribution in [3.05, 3.63) is 58.8 Å². The minimum Gasteiger partial charge on any atom is -0.483 e. The first-order valence-electron chi connectivity index (χ1n) is 11.8. The van der Waals surface area contributed by atoms with E-state index in [1.54, 1.807) is 0 Å². The molecule has 0 spiro atoms. The molecular formula is C27H34N6O2. The van der Waals surface area contributed by atoms with Gasteiger partial charge in [-0.2, -0.15) is 10.4 Å². The number of fused-ring (bicyclic) bond motifs is 1. The van der Waals surface area contributed by atoms with E-state index in [-0.39, 0.29) is 12.5 Å². The lowest BCUT2D eigenvalue weighted by molar-refractivity contribution is -0.122. The summed E-state index contributed by atoms with van der Waals surface area (Å²) in [5.74, 6) is 0.782. The number of aromatic nitrogens is 2. The first-order chi connectivity index (χ1) is 16.8. The molecule has 2 N–H and O–H groups in total. The van der Waals surface area contributed by atoms with E-state index in [1.165, 1.54) is 18.5 Å². The molecule has 184 valence electrons. The van der Waals surface area contributed by atoms with E-state index in [0.29, 0.717) is 11.6 Å². The summed E-state index contributed by atoms with van der Waals surface area (Å²) in [6, 6.07) is 15.4. The Morgan fingerprint density at radius 3 is 2.49 bits per heavy atom. The molecule has 1 aliphatic heterocycles. The number of carbonyl (C=O) groups is 1. The van der Waals surface area contributed by atoms with Crippen LogP contribution < -0.4 is 10.2 Å². The standard InChI is InChI=1S/C26H32N6.CH2O2/c1-17-20(16-27)7-6-8-23(17)18(2)28-26-25-15-22(9-10-24(25)19(3)29-30-26)32-13-11-21(12-14-32)31(4)5;2-1-3/h6-10,15,18,21H,11-14H2,1-5H3,(H,28,30);1H,(H,2,3)/t18-;/m1./s1. The molecule has 1 atom stereocenters. The van der Waals surface area contributed by atoms with Crippen LogP contribution in [0.25, 0.3) is 10.8 Å². The van der Waals surface area contributed by atoms with Gasteiger partial charge in [0.1, 0.15) is 0 Å². The lowest BCUT2D eigenvalue weighted by Crippen LogP contribution is -2.41. The largest absolute Gasteiger partial charge is 0.483 e. The minimum atomic E-state index is -0.250. The zero-order chi connectivity index (χ0) is 25.5. The molecular weight excluding hydrogens is 440 g/mol. The van der Waals surface area contributed by atoms with Crippen molar-refractivity contribution in [2.45, 2.75) is 45.7 Å². The van der Waals surface area contributed by atoms with Crippen LogP contribution in [0.3, 0.4) is 0 Å². The number of carboxylic acid groups (broad SMARTS) is 1. The van der Waals surface area contributed by atoms with E-state index < -0.39 is 0 Å². The third-order valence-electron chi connectivity index (χ3n) is 6.82. The summed E-state index contributed by atoms with van der Waals surface area (Å²) in [6.07, 6.45) is 2.35. The molecule has 35 heavy (non-hydrogen) atoms. The van der Waals surface area contributed by atoms with E-state index in [1.807, 2.05) is 26.0 Å². The maximum Gasteiger partial charge on any atom is 0.290 e. The molecule has 4 rings (SSSR count). The highest BCUT2D eigenvalue weighted by molar-refractivity contribution is 5.95. The Kier molecular flexibility index (Phi) is 8.61. The van der Waals surface area contributed by atoms with Gasteiger partial charge in [-0.25, -0.2) is 0 Å². The van der Waals surface area contributed by atoms with Crippen molar-refractivity contribution >= 4 is 28.7 Å².